The van der Waals surface area contributed by atoms with Gasteiger partial charge in [-0.2, -0.15) is 0 Å². The third-order valence-electron chi connectivity index (χ3n) is 3.66. The smallest absolute Gasteiger partial charge is 0.165 e. The number of rotatable bonds is 2. The number of halogens is 1. The highest BCUT2D eigenvalue weighted by Crippen LogP contribution is 2.43. The van der Waals surface area contributed by atoms with Gasteiger partial charge in [0.05, 0.1) is 12.7 Å². The highest BCUT2D eigenvalue weighted by atomic mass is 19.1. The Bertz CT molecular complexity index is 392. The number of methoxy groups -OCH3 is 1. The summed E-state index contributed by atoms with van der Waals surface area (Å²) in [6.07, 6.45) is 2.69. The van der Waals surface area contributed by atoms with E-state index in [-0.39, 0.29) is 11.7 Å². The van der Waals surface area contributed by atoms with E-state index >= 15 is 0 Å². The maximum atomic E-state index is 13.6. The summed E-state index contributed by atoms with van der Waals surface area (Å²) in [6.45, 7) is 2.01. The molecular weight excluding hydrogens is 207 g/mol. The Morgan fingerprint density at radius 2 is 2.25 bits per heavy atom. The summed E-state index contributed by atoms with van der Waals surface area (Å²) >= 11 is 0. The standard InChI is InChI=1S/C13H17FO2/c1-9-4-3-7-13(9,15)10-5-6-12(16-2)11(14)8-10/h5-6,8-9,15H,3-4,7H2,1-2H3. The van der Waals surface area contributed by atoms with Crippen LogP contribution in [0.2, 0.25) is 0 Å². The molecule has 1 N–H and O–H groups in total. The van der Waals surface area contributed by atoms with E-state index in [9.17, 15) is 9.50 Å². The Kier molecular flexibility index (Phi) is 2.89. The van der Waals surface area contributed by atoms with Gasteiger partial charge in [0.2, 0.25) is 0 Å². The van der Waals surface area contributed by atoms with Crippen molar-refractivity contribution in [1.29, 1.82) is 0 Å². The molecule has 0 aromatic heterocycles. The summed E-state index contributed by atoms with van der Waals surface area (Å²) in [6, 6.07) is 4.72. The monoisotopic (exact) mass is 224 g/mol. The zero-order valence-electron chi connectivity index (χ0n) is 9.66. The molecule has 0 bridgehead atoms. The van der Waals surface area contributed by atoms with Crippen LogP contribution < -0.4 is 4.74 Å². The Morgan fingerprint density at radius 3 is 2.75 bits per heavy atom. The first-order valence-electron chi connectivity index (χ1n) is 5.64. The molecular formula is C13H17FO2. The molecule has 2 rings (SSSR count). The van der Waals surface area contributed by atoms with Crippen molar-refractivity contribution in [3.05, 3.63) is 29.6 Å². The molecule has 16 heavy (non-hydrogen) atoms. The van der Waals surface area contributed by atoms with Crippen molar-refractivity contribution >= 4 is 0 Å². The van der Waals surface area contributed by atoms with Gasteiger partial charge >= 0.3 is 0 Å². The van der Waals surface area contributed by atoms with E-state index < -0.39 is 11.4 Å². The van der Waals surface area contributed by atoms with Crippen LogP contribution in [-0.2, 0) is 5.60 Å². The van der Waals surface area contributed by atoms with Crippen LogP contribution in [0.5, 0.6) is 5.75 Å². The number of benzene rings is 1. The first-order chi connectivity index (χ1) is 7.58. The van der Waals surface area contributed by atoms with Gasteiger partial charge in [0, 0.05) is 0 Å². The molecule has 0 amide bonds. The molecule has 1 saturated carbocycles. The molecule has 2 atom stereocenters. The maximum absolute atomic E-state index is 13.6. The summed E-state index contributed by atoms with van der Waals surface area (Å²) in [5, 5.41) is 10.5. The lowest BCUT2D eigenvalue weighted by atomic mass is 9.85. The van der Waals surface area contributed by atoms with Crippen LogP contribution in [0.4, 0.5) is 4.39 Å². The Hall–Kier alpha value is -1.09. The highest BCUT2D eigenvalue weighted by molar-refractivity contribution is 5.33. The second-order valence-corrected chi connectivity index (χ2v) is 4.57. The van der Waals surface area contributed by atoms with Crippen molar-refractivity contribution in [3.8, 4) is 5.75 Å². The van der Waals surface area contributed by atoms with Gasteiger partial charge in [-0.25, -0.2) is 4.39 Å². The van der Waals surface area contributed by atoms with Gasteiger partial charge in [0.25, 0.3) is 0 Å². The fourth-order valence-electron chi connectivity index (χ4n) is 2.53. The van der Waals surface area contributed by atoms with Crippen molar-refractivity contribution < 1.29 is 14.2 Å². The minimum Gasteiger partial charge on any atom is -0.494 e. The summed E-state index contributed by atoms with van der Waals surface area (Å²) in [7, 11) is 1.44. The normalized spacial score (nSPS) is 29.4. The highest BCUT2D eigenvalue weighted by Gasteiger charge is 2.40. The van der Waals surface area contributed by atoms with Crippen LogP contribution in [-0.4, -0.2) is 12.2 Å². The van der Waals surface area contributed by atoms with E-state index in [1.165, 1.54) is 13.2 Å². The first-order valence-corrected chi connectivity index (χ1v) is 5.64. The van der Waals surface area contributed by atoms with Crippen LogP contribution >= 0.6 is 0 Å². The number of ether oxygens (including phenoxy) is 1. The summed E-state index contributed by atoms with van der Waals surface area (Å²) < 4.78 is 18.4. The SMILES string of the molecule is COc1ccc(C2(O)CCCC2C)cc1F. The molecule has 1 aliphatic carbocycles. The van der Waals surface area contributed by atoms with Crippen molar-refractivity contribution in [2.75, 3.05) is 7.11 Å². The van der Waals surface area contributed by atoms with Crippen molar-refractivity contribution in [1.82, 2.24) is 0 Å². The van der Waals surface area contributed by atoms with E-state index in [0.717, 1.165) is 12.8 Å². The van der Waals surface area contributed by atoms with Crippen LogP contribution in [0.15, 0.2) is 18.2 Å². The topological polar surface area (TPSA) is 29.5 Å². The average Bonchev–Trinajstić information content (AvgIpc) is 2.60. The second-order valence-electron chi connectivity index (χ2n) is 4.57. The summed E-state index contributed by atoms with van der Waals surface area (Å²) in [5.41, 5.74) is -0.205. The fraction of sp³-hybridized carbons (Fsp3) is 0.538. The van der Waals surface area contributed by atoms with Crippen LogP contribution in [0.3, 0.4) is 0 Å². The third-order valence-corrected chi connectivity index (χ3v) is 3.66. The molecule has 0 spiro atoms. The molecule has 1 aromatic carbocycles. The molecule has 0 aliphatic heterocycles. The molecule has 1 aliphatic rings. The van der Waals surface area contributed by atoms with Gasteiger partial charge in [-0.15, -0.1) is 0 Å². The largest absolute Gasteiger partial charge is 0.494 e. The molecule has 1 aromatic rings. The van der Waals surface area contributed by atoms with E-state index in [1.54, 1.807) is 12.1 Å². The van der Waals surface area contributed by atoms with Gasteiger partial charge in [-0.05, 0) is 42.9 Å². The van der Waals surface area contributed by atoms with Gasteiger partial charge in [0.15, 0.2) is 11.6 Å². The average molecular weight is 224 g/mol. The van der Waals surface area contributed by atoms with Crippen molar-refractivity contribution in [3.63, 3.8) is 0 Å². The zero-order valence-corrected chi connectivity index (χ0v) is 9.66. The van der Waals surface area contributed by atoms with Gasteiger partial charge in [0.1, 0.15) is 0 Å². The van der Waals surface area contributed by atoms with E-state index in [2.05, 4.69) is 0 Å². The number of hydrogen-bond donors (Lipinski definition) is 1. The molecule has 1 fully saturated rings. The number of aliphatic hydroxyl groups is 1. The minimum absolute atomic E-state index is 0.181. The molecule has 0 heterocycles. The lowest BCUT2D eigenvalue weighted by Crippen LogP contribution is -2.28. The quantitative estimate of drug-likeness (QED) is 0.837. The Balaban J connectivity index is 2.37. The van der Waals surface area contributed by atoms with Crippen LogP contribution in [0.25, 0.3) is 0 Å². The van der Waals surface area contributed by atoms with Crippen LogP contribution in [0, 0.1) is 11.7 Å². The van der Waals surface area contributed by atoms with E-state index in [4.69, 9.17) is 4.74 Å². The summed E-state index contributed by atoms with van der Waals surface area (Å²) in [5.74, 6) is -0.00850. The fourth-order valence-corrected chi connectivity index (χ4v) is 2.53. The van der Waals surface area contributed by atoms with Gasteiger partial charge < -0.3 is 9.84 Å². The van der Waals surface area contributed by atoms with Gasteiger partial charge in [-0.3, -0.25) is 0 Å². The molecule has 3 heteroatoms. The molecule has 2 nitrogen and oxygen atoms in total. The van der Waals surface area contributed by atoms with Gasteiger partial charge in [-0.1, -0.05) is 13.0 Å². The van der Waals surface area contributed by atoms with E-state index in [0.29, 0.717) is 12.0 Å². The van der Waals surface area contributed by atoms with Crippen molar-refractivity contribution in [2.45, 2.75) is 31.8 Å². The lowest BCUT2D eigenvalue weighted by molar-refractivity contribution is 0.00416. The predicted octanol–water partition coefficient (Wildman–Crippen LogP) is 2.84. The Labute approximate surface area is 95.1 Å². The summed E-state index contributed by atoms with van der Waals surface area (Å²) in [4.78, 5) is 0. The van der Waals surface area contributed by atoms with Crippen LogP contribution in [0.1, 0.15) is 31.7 Å². The predicted molar refractivity (Wildman–Crippen MR) is 59.9 cm³/mol. The second kappa shape index (κ2) is 4.06. The molecule has 0 saturated heterocycles. The maximum Gasteiger partial charge on any atom is 0.165 e. The Morgan fingerprint density at radius 1 is 1.50 bits per heavy atom. The minimum atomic E-state index is -0.868. The molecule has 0 radical (unpaired) electrons. The molecule has 2 unspecified atom stereocenters. The molecule has 88 valence electrons. The lowest BCUT2D eigenvalue weighted by Gasteiger charge is -2.28. The number of hydrogen-bond acceptors (Lipinski definition) is 2. The van der Waals surface area contributed by atoms with E-state index in [1.807, 2.05) is 6.92 Å². The zero-order chi connectivity index (χ0) is 11.8. The van der Waals surface area contributed by atoms with Crippen molar-refractivity contribution in [2.24, 2.45) is 5.92 Å². The third kappa shape index (κ3) is 1.69. The first kappa shape index (κ1) is 11.4.